The highest BCUT2D eigenvalue weighted by atomic mass is 79.9. The van der Waals surface area contributed by atoms with Gasteiger partial charge in [0.1, 0.15) is 5.75 Å². The van der Waals surface area contributed by atoms with Crippen LogP contribution in [0.15, 0.2) is 22.7 Å². The zero-order valence-electron chi connectivity index (χ0n) is 12.6. The predicted molar refractivity (Wildman–Crippen MR) is 85.4 cm³/mol. The number of rotatable bonds is 7. The minimum atomic E-state index is 0.0237. The van der Waals surface area contributed by atoms with Gasteiger partial charge in [-0.1, -0.05) is 15.9 Å². The molecule has 5 heteroatoms. The smallest absolute Gasteiger partial charge is 0.257 e. The Balaban J connectivity index is 2.80. The molecule has 112 valence electrons. The van der Waals surface area contributed by atoms with Crippen molar-refractivity contribution in [2.45, 2.75) is 13.3 Å². The van der Waals surface area contributed by atoms with Crippen LogP contribution in [0.1, 0.15) is 23.7 Å². The third-order valence-corrected chi connectivity index (χ3v) is 3.59. The van der Waals surface area contributed by atoms with Crippen LogP contribution < -0.4 is 4.74 Å². The monoisotopic (exact) mass is 342 g/mol. The summed E-state index contributed by atoms with van der Waals surface area (Å²) in [6, 6.07) is 5.49. The summed E-state index contributed by atoms with van der Waals surface area (Å²) in [4.78, 5) is 16.5. The molecule has 0 aliphatic rings. The summed E-state index contributed by atoms with van der Waals surface area (Å²) in [5.74, 6) is 0.631. The van der Waals surface area contributed by atoms with Crippen LogP contribution >= 0.6 is 15.9 Å². The molecule has 0 fully saturated rings. The molecule has 0 aromatic heterocycles. The number of benzene rings is 1. The van der Waals surface area contributed by atoms with Crippen LogP contribution in [-0.2, 0) is 0 Å². The second-order valence-corrected chi connectivity index (χ2v) is 5.80. The fourth-order valence-electron chi connectivity index (χ4n) is 1.99. The van der Waals surface area contributed by atoms with Crippen molar-refractivity contribution in [3.63, 3.8) is 0 Å². The van der Waals surface area contributed by atoms with Crippen LogP contribution in [0.25, 0.3) is 0 Å². The van der Waals surface area contributed by atoms with Crippen LogP contribution in [0.3, 0.4) is 0 Å². The minimum absolute atomic E-state index is 0.0237. The van der Waals surface area contributed by atoms with E-state index in [-0.39, 0.29) is 5.91 Å². The van der Waals surface area contributed by atoms with E-state index in [1.54, 1.807) is 13.2 Å². The maximum absolute atomic E-state index is 12.6. The quantitative estimate of drug-likeness (QED) is 0.763. The molecule has 0 saturated heterocycles. The number of carbonyl (C=O) groups excluding carboxylic acids is 1. The zero-order valence-corrected chi connectivity index (χ0v) is 14.2. The van der Waals surface area contributed by atoms with E-state index in [9.17, 15) is 4.79 Å². The standard InChI is InChI=1S/C15H23BrN2O2/c1-5-18(10-6-9-17(2)3)15(19)13-8-7-12(16)11-14(13)20-4/h7-8,11H,5-6,9-10H2,1-4H3. The van der Waals surface area contributed by atoms with Gasteiger partial charge in [0, 0.05) is 17.6 Å². The summed E-state index contributed by atoms with van der Waals surface area (Å²) >= 11 is 3.39. The molecular formula is C15H23BrN2O2. The second-order valence-electron chi connectivity index (χ2n) is 4.89. The Kier molecular flexibility index (Phi) is 7.02. The lowest BCUT2D eigenvalue weighted by Crippen LogP contribution is -2.33. The Morgan fingerprint density at radius 3 is 2.55 bits per heavy atom. The molecule has 1 aromatic carbocycles. The van der Waals surface area contributed by atoms with E-state index in [1.165, 1.54) is 0 Å². The molecule has 1 amide bonds. The van der Waals surface area contributed by atoms with Crippen molar-refractivity contribution in [2.24, 2.45) is 0 Å². The first-order chi connectivity index (χ1) is 9.49. The highest BCUT2D eigenvalue weighted by Gasteiger charge is 2.18. The molecule has 0 aliphatic carbocycles. The normalized spacial score (nSPS) is 10.7. The molecule has 0 spiro atoms. The number of halogens is 1. The maximum Gasteiger partial charge on any atom is 0.257 e. The summed E-state index contributed by atoms with van der Waals surface area (Å²) < 4.78 is 6.20. The average Bonchev–Trinajstić information content (AvgIpc) is 2.42. The molecule has 0 heterocycles. The Labute approximate surface area is 129 Å². The van der Waals surface area contributed by atoms with Gasteiger partial charge in [0.25, 0.3) is 5.91 Å². The van der Waals surface area contributed by atoms with Crippen LogP contribution in [-0.4, -0.2) is 56.5 Å². The first-order valence-electron chi connectivity index (χ1n) is 6.77. The van der Waals surface area contributed by atoms with Crippen molar-refractivity contribution < 1.29 is 9.53 Å². The van der Waals surface area contributed by atoms with Crippen molar-refractivity contribution in [1.29, 1.82) is 0 Å². The predicted octanol–water partition coefficient (Wildman–Crippen LogP) is 2.87. The number of hydrogen-bond acceptors (Lipinski definition) is 3. The van der Waals surface area contributed by atoms with E-state index in [4.69, 9.17) is 4.74 Å². The van der Waals surface area contributed by atoms with Crippen molar-refractivity contribution in [3.05, 3.63) is 28.2 Å². The molecular weight excluding hydrogens is 320 g/mol. The van der Waals surface area contributed by atoms with Crippen LogP contribution in [0.2, 0.25) is 0 Å². The second kappa shape index (κ2) is 8.27. The van der Waals surface area contributed by atoms with E-state index in [2.05, 4.69) is 20.8 Å². The Hall–Kier alpha value is -1.07. The number of hydrogen-bond donors (Lipinski definition) is 0. The van der Waals surface area contributed by atoms with Gasteiger partial charge >= 0.3 is 0 Å². The van der Waals surface area contributed by atoms with Gasteiger partial charge in [-0.25, -0.2) is 0 Å². The summed E-state index contributed by atoms with van der Waals surface area (Å²) in [7, 11) is 5.66. The lowest BCUT2D eigenvalue weighted by Gasteiger charge is -2.23. The van der Waals surface area contributed by atoms with Crippen LogP contribution in [0.5, 0.6) is 5.75 Å². The highest BCUT2D eigenvalue weighted by Crippen LogP contribution is 2.24. The lowest BCUT2D eigenvalue weighted by atomic mass is 10.1. The van der Waals surface area contributed by atoms with Crippen molar-refractivity contribution in [2.75, 3.05) is 40.8 Å². The average molecular weight is 343 g/mol. The van der Waals surface area contributed by atoms with Gasteiger partial charge in [0.15, 0.2) is 0 Å². The molecule has 0 radical (unpaired) electrons. The zero-order chi connectivity index (χ0) is 15.1. The van der Waals surface area contributed by atoms with Gasteiger partial charge in [-0.05, 0) is 52.2 Å². The summed E-state index contributed by atoms with van der Waals surface area (Å²) in [6.07, 6.45) is 0.964. The van der Waals surface area contributed by atoms with E-state index in [1.807, 2.05) is 38.1 Å². The SMILES string of the molecule is CCN(CCCN(C)C)C(=O)c1ccc(Br)cc1OC. The van der Waals surface area contributed by atoms with E-state index in [0.717, 1.165) is 24.0 Å². The minimum Gasteiger partial charge on any atom is -0.496 e. The number of nitrogens with zero attached hydrogens (tertiary/aromatic N) is 2. The Morgan fingerprint density at radius 1 is 1.30 bits per heavy atom. The van der Waals surface area contributed by atoms with Crippen molar-refractivity contribution in [3.8, 4) is 5.75 Å². The van der Waals surface area contributed by atoms with Gasteiger partial charge in [0.05, 0.1) is 12.7 Å². The molecule has 1 aromatic rings. The topological polar surface area (TPSA) is 32.8 Å². The lowest BCUT2D eigenvalue weighted by molar-refractivity contribution is 0.0756. The Morgan fingerprint density at radius 2 is 2.00 bits per heavy atom. The molecule has 0 saturated carbocycles. The van der Waals surface area contributed by atoms with Crippen LogP contribution in [0.4, 0.5) is 0 Å². The van der Waals surface area contributed by atoms with Crippen molar-refractivity contribution >= 4 is 21.8 Å². The van der Waals surface area contributed by atoms with E-state index < -0.39 is 0 Å². The summed E-state index contributed by atoms with van der Waals surface area (Å²) in [5.41, 5.74) is 0.613. The summed E-state index contributed by atoms with van der Waals surface area (Å²) in [6.45, 7) is 4.43. The molecule has 4 nitrogen and oxygen atoms in total. The molecule has 0 bridgehead atoms. The molecule has 0 aliphatic heterocycles. The molecule has 0 unspecified atom stereocenters. The van der Waals surface area contributed by atoms with Gasteiger partial charge in [-0.15, -0.1) is 0 Å². The first-order valence-corrected chi connectivity index (χ1v) is 7.56. The van der Waals surface area contributed by atoms with E-state index >= 15 is 0 Å². The van der Waals surface area contributed by atoms with E-state index in [0.29, 0.717) is 17.9 Å². The first kappa shape index (κ1) is 17.0. The maximum atomic E-state index is 12.6. The molecule has 0 N–H and O–H groups in total. The Bertz CT molecular complexity index is 449. The highest BCUT2D eigenvalue weighted by molar-refractivity contribution is 9.10. The van der Waals surface area contributed by atoms with Crippen LogP contribution in [0, 0.1) is 0 Å². The molecule has 0 atom stereocenters. The van der Waals surface area contributed by atoms with Gasteiger partial charge < -0.3 is 14.5 Å². The number of amides is 1. The van der Waals surface area contributed by atoms with Gasteiger partial charge in [-0.3, -0.25) is 4.79 Å². The fraction of sp³-hybridized carbons (Fsp3) is 0.533. The number of ether oxygens (including phenoxy) is 1. The molecule has 20 heavy (non-hydrogen) atoms. The largest absolute Gasteiger partial charge is 0.496 e. The summed E-state index contributed by atoms with van der Waals surface area (Å²) in [5, 5.41) is 0. The number of carbonyl (C=O) groups is 1. The van der Waals surface area contributed by atoms with Gasteiger partial charge in [0.2, 0.25) is 0 Å². The molecule has 1 rings (SSSR count). The fourth-order valence-corrected chi connectivity index (χ4v) is 2.33. The van der Waals surface area contributed by atoms with Gasteiger partial charge in [-0.2, -0.15) is 0 Å². The third kappa shape index (κ3) is 4.80. The number of methoxy groups -OCH3 is 1. The third-order valence-electron chi connectivity index (χ3n) is 3.10. The van der Waals surface area contributed by atoms with Crippen molar-refractivity contribution in [1.82, 2.24) is 9.80 Å².